The van der Waals surface area contributed by atoms with E-state index in [-0.39, 0.29) is 12.8 Å². The third kappa shape index (κ3) is 31.3. The number of hydrogen-bond donors (Lipinski definition) is 8. The number of hydrogen-bond acceptors (Lipinski definition) is 10. The quantitative estimate of drug-likeness (QED) is 0.0216. The van der Waals surface area contributed by atoms with E-state index in [1.54, 1.807) is 0 Å². The molecule has 0 bridgehead atoms. The first-order valence-corrected chi connectivity index (χ1v) is 26.4. The van der Waals surface area contributed by atoms with Crippen molar-refractivity contribution in [1.82, 2.24) is 5.32 Å². The summed E-state index contributed by atoms with van der Waals surface area (Å²) >= 11 is 0. The highest BCUT2D eigenvalue weighted by Crippen LogP contribution is 2.23. The molecule has 9 atom stereocenters. The van der Waals surface area contributed by atoms with Gasteiger partial charge >= 0.3 is 0 Å². The maximum atomic E-state index is 13.1. The van der Waals surface area contributed by atoms with Crippen LogP contribution in [0.4, 0.5) is 0 Å². The van der Waals surface area contributed by atoms with Crippen molar-refractivity contribution in [2.45, 2.75) is 281 Å². The number of amides is 1. The lowest BCUT2D eigenvalue weighted by atomic mass is 9.98. The monoisotopic (exact) mass is 910 g/mol. The molecule has 9 unspecified atom stereocenters. The topological polar surface area (TPSA) is 189 Å². The predicted octanol–water partition coefficient (Wildman–Crippen LogP) is 9.95. The average molecular weight is 910 g/mol. The molecular weight excluding hydrogens is 811 g/mol. The van der Waals surface area contributed by atoms with E-state index in [4.69, 9.17) is 9.47 Å². The standard InChI is InChI=1S/C53H99NO10/c1-3-5-7-9-11-13-15-17-19-21-22-23-24-25-27-28-30-32-34-36-38-40-45(56)48(58)44(43-63-53-51(61)50(60)49(59)47(42-55)64-53)54-52(62)46(57)41-39-37-35-33-31-29-26-20-18-16-14-12-10-8-6-4-2/h18,20,25,27,32,34,44-51,53,55-61H,3-17,19,21-24,26,28-31,33,35-43H2,1-2H3,(H,54,62)/b20-18-,27-25+,34-32+. The molecule has 1 saturated heterocycles. The Morgan fingerprint density at radius 1 is 0.531 bits per heavy atom. The number of rotatable bonds is 44. The molecule has 8 N–H and O–H groups in total. The molecule has 0 spiro atoms. The third-order valence-corrected chi connectivity index (χ3v) is 12.6. The molecule has 376 valence electrons. The van der Waals surface area contributed by atoms with Gasteiger partial charge in [0.2, 0.25) is 5.91 Å². The van der Waals surface area contributed by atoms with Gasteiger partial charge in [0.1, 0.15) is 36.6 Å². The second-order valence-electron chi connectivity index (χ2n) is 18.6. The van der Waals surface area contributed by atoms with E-state index < -0.39 is 74.2 Å². The number of carbonyl (C=O) groups excluding carboxylic acids is 1. The van der Waals surface area contributed by atoms with Crippen molar-refractivity contribution >= 4 is 5.91 Å². The van der Waals surface area contributed by atoms with E-state index in [1.165, 1.54) is 122 Å². The number of aliphatic hydroxyl groups is 7. The fourth-order valence-corrected chi connectivity index (χ4v) is 8.28. The minimum atomic E-state index is -1.67. The van der Waals surface area contributed by atoms with Gasteiger partial charge in [0, 0.05) is 0 Å². The highest BCUT2D eigenvalue weighted by atomic mass is 16.7. The van der Waals surface area contributed by atoms with Crippen LogP contribution >= 0.6 is 0 Å². The first-order valence-electron chi connectivity index (χ1n) is 26.4. The molecule has 1 aliphatic heterocycles. The molecule has 1 aliphatic rings. The molecule has 1 fully saturated rings. The van der Waals surface area contributed by atoms with E-state index in [0.717, 1.165) is 57.8 Å². The lowest BCUT2D eigenvalue weighted by molar-refractivity contribution is -0.303. The number of carbonyl (C=O) groups is 1. The predicted molar refractivity (Wildman–Crippen MR) is 261 cm³/mol. The second kappa shape index (κ2) is 42.7. The van der Waals surface area contributed by atoms with Crippen LogP contribution in [0, 0.1) is 0 Å². The van der Waals surface area contributed by atoms with Crippen LogP contribution in [0.3, 0.4) is 0 Å². The molecule has 0 saturated carbocycles. The fourth-order valence-electron chi connectivity index (χ4n) is 8.28. The van der Waals surface area contributed by atoms with Gasteiger partial charge in [0.25, 0.3) is 0 Å². The molecule has 1 amide bonds. The Kier molecular flexibility index (Phi) is 40.2. The molecule has 11 nitrogen and oxygen atoms in total. The number of aliphatic hydroxyl groups excluding tert-OH is 7. The lowest BCUT2D eigenvalue weighted by Crippen LogP contribution is -2.60. The van der Waals surface area contributed by atoms with E-state index in [1.807, 2.05) is 0 Å². The zero-order valence-electron chi connectivity index (χ0n) is 40.8. The van der Waals surface area contributed by atoms with Gasteiger partial charge in [0.15, 0.2) is 6.29 Å². The van der Waals surface area contributed by atoms with Gasteiger partial charge in [-0.1, -0.05) is 185 Å². The van der Waals surface area contributed by atoms with Crippen LogP contribution in [0.5, 0.6) is 0 Å². The molecule has 0 aliphatic carbocycles. The van der Waals surface area contributed by atoms with Gasteiger partial charge in [-0.3, -0.25) is 4.79 Å². The van der Waals surface area contributed by atoms with Gasteiger partial charge in [-0.25, -0.2) is 0 Å². The third-order valence-electron chi connectivity index (χ3n) is 12.6. The Balaban J connectivity index is 2.42. The summed E-state index contributed by atoms with van der Waals surface area (Å²) in [6, 6.07) is -1.19. The highest BCUT2D eigenvalue weighted by molar-refractivity contribution is 5.80. The zero-order valence-corrected chi connectivity index (χ0v) is 40.8. The molecule has 0 aromatic rings. The molecule has 1 rings (SSSR count). The zero-order chi connectivity index (χ0) is 46.9. The summed E-state index contributed by atoms with van der Waals surface area (Å²) < 4.78 is 11.1. The van der Waals surface area contributed by atoms with Crippen LogP contribution in [-0.2, 0) is 14.3 Å². The molecule has 0 radical (unpaired) electrons. The van der Waals surface area contributed by atoms with Crippen molar-refractivity contribution in [1.29, 1.82) is 0 Å². The van der Waals surface area contributed by atoms with Gasteiger partial charge in [-0.05, 0) is 77.0 Å². The Hall–Kier alpha value is -1.67. The van der Waals surface area contributed by atoms with Crippen molar-refractivity contribution in [2.24, 2.45) is 0 Å². The summed E-state index contributed by atoms with van der Waals surface area (Å²) in [6.45, 7) is 3.43. The summed E-state index contributed by atoms with van der Waals surface area (Å²) in [5, 5.41) is 75.9. The van der Waals surface area contributed by atoms with Crippen LogP contribution in [0.15, 0.2) is 36.5 Å². The Morgan fingerprint density at radius 3 is 1.39 bits per heavy atom. The van der Waals surface area contributed by atoms with E-state index in [9.17, 15) is 40.5 Å². The van der Waals surface area contributed by atoms with Gasteiger partial charge in [-0.15, -0.1) is 0 Å². The lowest BCUT2D eigenvalue weighted by Gasteiger charge is -2.40. The molecule has 64 heavy (non-hydrogen) atoms. The van der Waals surface area contributed by atoms with Crippen molar-refractivity contribution in [2.75, 3.05) is 13.2 Å². The molecule has 11 heteroatoms. The fraction of sp³-hybridized carbons (Fsp3) is 0.868. The van der Waals surface area contributed by atoms with Crippen LogP contribution in [0.25, 0.3) is 0 Å². The average Bonchev–Trinajstić information content (AvgIpc) is 3.29. The maximum Gasteiger partial charge on any atom is 0.249 e. The van der Waals surface area contributed by atoms with E-state index >= 15 is 0 Å². The number of allylic oxidation sites excluding steroid dienone is 6. The molecular formula is C53H99NO10. The van der Waals surface area contributed by atoms with Crippen molar-refractivity contribution < 1.29 is 50.0 Å². The van der Waals surface area contributed by atoms with Crippen LogP contribution in [0.1, 0.15) is 226 Å². The molecule has 0 aromatic heterocycles. The Labute approximate surface area is 390 Å². The second-order valence-corrected chi connectivity index (χ2v) is 18.6. The summed E-state index contributed by atoms with van der Waals surface area (Å²) in [6.07, 6.45) is 39.1. The van der Waals surface area contributed by atoms with Crippen molar-refractivity contribution in [3.63, 3.8) is 0 Å². The first kappa shape index (κ1) is 60.3. The Bertz CT molecular complexity index is 1130. The van der Waals surface area contributed by atoms with E-state index in [0.29, 0.717) is 19.3 Å². The summed E-state index contributed by atoms with van der Waals surface area (Å²) in [5.74, 6) is -0.715. The minimum Gasteiger partial charge on any atom is -0.394 e. The van der Waals surface area contributed by atoms with E-state index in [2.05, 4.69) is 55.6 Å². The first-order chi connectivity index (χ1) is 31.2. The van der Waals surface area contributed by atoms with Crippen molar-refractivity contribution in [3.05, 3.63) is 36.5 Å². The largest absolute Gasteiger partial charge is 0.394 e. The number of nitrogens with one attached hydrogen (secondary N) is 1. The number of unbranched alkanes of at least 4 members (excludes halogenated alkanes) is 26. The van der Waals surface area contributed by atoms with Gasteiger partial charge in [0.05, 0.1) is 25.4 Å². The summed E-state index contributed by atoms with van der Waals surface area (Å²) in [4.78, 5) is 13.1. The van der Waals surface area contributed by atoms with Gasteiger partial charge < -0.3 is 50.5 Å². The number of ether oxygens (including phenoxy) is 2. The highest BCUT2D eigenvalue weighted by Gasteiger charge is 2.44. The summed E-state index contributed by atoms with van der Waals surface area (Å²) in [5.41, 5.74) is 0. The molecule has 0 aromatic carbocycles. The van der Waals surface area contributed by atoms with Gasteiger partial charge in [-0.2, -0.15) is 0 Å². The SMILES string of the molecule is CCCCCCCC/C=C\CCCCCCCCC(O)C(=O)NC(COC1OC(CO)C(O)C(O)C1O)C(O)C(O)CCC/C=C/CC/C=C/CCCCCCCCCCCCCC. The summed E-state index contributed by atoms with van der Waals surface area (Å²) in [7, 11) is 0. The minimum absolute atomic E-state index is 0.244. The Morgan fingerprint density at radius 2 is 0.938 bits per heavy atom. The van der Waals surface area contributed by atoms with Crippen LogP contribution in [0.2, 0.25) is 0 Å². The normalized spacial score (nSPS) is 21.3. The van der Waals surface area contributed by atoms with Crippen molar-refractivity contribution in [3.8, 4) is 0 Å². The van der Waals surface area contributed by atoms with Crippen LogP contribution in [-0.4, -0.2) is 110 Å². The van der Waals surface area contributed by atoms with Crippen LogP contribution < -0.4 is 5.32 Å². The maximum absolute atomic E-state index is 13.1. The smallest absolute Gasteiger partial charge is 0.249 e. The molecule has 1 heterocycles.